The van der Waals surface area contributed by atoms with Gasteiger partial charge in [0.05, 0.1) is 20.8 Å². The number of nitrogens with zero attached hydrogens (tertiary/aromatic N) is 1. The van der Waals surface area contributed by atoms with Gasteiger partial charge in [-0.15, -0.1) is 0 Å². The first-order valence-electron chi connectivity index (χ1n) is 19.1. The molecular weight excluding hydrogens is 1060 g/mol. The third kappa shape index (κ3) is 8.38. The summed E-state index contributed by atoms with van der Waals surface area (Å²) < 4.78 is 12.6. The Morgan fingerprint density at radius 3 is 1.81 bits per heavy atom. The van der Waals surface area contributed by atoms with Gasteiger partial charge in [-0.25, -0.2) is 14.4 Å². The second-order valence-electron chi connectivity index (χ2n) is 15.3. The standard InChI is InChI=1S/C25H21N5O7.C10H9IN2O3.C8H7IO2/c1-24(20(32)26-22(34)28-24)14-4-6-17-13(7-14)8-18(37-17)25(21(33)27-23(35)29-25)11-30-10-12-3-5-15(36-2)9-16(12)19(30)31;1-10(8(15)12-9(16)13-10)5-2-3-7(14)6(11)4-5;1-5(10)6-2-3-8(11)7(9)4-6/h3-9H,10-11H2,1-2H3,(H2,26,28,32,34)(H2,27,29,33,35);2-4,14H,1H3,(H2,12,13,15,16);2-4,11H,1H3/t24?,25-;;/m0../s1. The van der Waals surface area contributed by atoms with Crippen LogP contribution < -0.4 is 36.6 Å². The van der Waals surface area contributed by atoms with Crippen molar-refractivity contribution in [3.8, 4) is 17.2 Å². The van der Waals surface area contributed by atoms with Gasteiger partial charge < -0.3 is 40.2 Å². The van der Waals surface area contributed by atoms with E-state index >= 15 is 0 Å². The number of Topliss-reactive ketones (excluding diaryl/α,β-unsaturated/α-hetero) is 1. The number of methoxy groups -OCH3 is 1. The molecule has 5 aromatic rings. The highest BCUT2D eigenvalue weighted by molar-refractivity contribution is 14.1. The fraction of sp³-hybridized carbons (Fsp3) is 0.209. The van der Waals surface area contributed by atoms with E-state index in [0.717, 1.165) is 5.56 Å². The first kappa shape index (κ1) is 45.3. The smallest absolute Gasteiger partial charge is 0.322 e. The predicted octanol–water partition coefficient (Wildman–Crippen LogP) is 4.44. The number of furan rings is 1. The molecule has 3 saturated heterocycles. The number of urea groups is 3. The lowest BCUT2D eigenvalue weighted by atomic mass is 9.91. The van der Waals surface area contributed by atoms with E-state index in [-0.39, 0.29) is 47.9 Å². The molecular formula is C43H37I2N7O12. The molecule has 2 unspecified atom stereocenters. The number of amides is 10. The van der Waals surface area contributed by atoms with Gasteiger partial charge in [-0.2, -0.15) is 0 Å². The number of aromatic hydroxyl groups is 2. The maximum absolute atomic E-state index is 13.2. The van der Waals surface area contributed by atoms with Crippen LogP contribution in [0.5, 0.6) is 17.2 Å². The number of ketones is 1. The molecule has 21 heteroatoms. The Hall–Kier alpha value is -6.76. The van der Waals surface area contributed by atoms with E-state index in [2.05, 4.69) is 31.9 Å². The number of carbonyl (C=O) groups is 8. The molecule has 0 radical (unpaired) electrons. The summed E-state index contributed by atoms with van der Waals surface area (Å²) in [6, 6.07) is 19.4. The van der Waals surface area contributed by atoms with Crippen LogP contribution in [0.4, 0.5) is 14.4 Å². The van der Waals surface area contributed by atoms with Gasteiger partial charge in [-0.05, 0) is 143 Å². The average Bonchev–Trinajstić information content (AvgIpc) is 4.02. The highest BCUT2D eigenvalue weighted by Gasteiger charge is 2.53. The molecule has 3 fully saturated rings. The van der Waals surface area contributed by atoms with Crippen LogP contribution in [0.3, 0.4) is 0 Å². The van der Waals surface area contributed by atoms with Gasteiger partial charge in [0, 0.05) is 23.1 Å². The van der Waals surface area contributed by atoms with E-state index in [9.17, 15) is 43.5 Å². The van der Waals surface area contributed by atoms with Crippen molar-refractivity contribution in [1.29, 1.82) is 0 Å². The molecule has 10 amide bonds. The number of phenolic OH excluding ortho intramolecular Hbond substituents is 2. The SMILES string of the molecule is CC(=O)c1ccc(O)c(I)c1.CC1(c2ccc(O)c(I)c2)NC(=O)NC1=O.COc1ccc2c(c1)C(=O)N(C[C@@]1(c3cc4cc(C5(C)NC(=O)NC5=O)ccc4o3)NC(=O)NC1=O)C2. The van der Waals surface area contributed by atoms with Crippen molar-refractivity contribution in [3.63, 3.8) is 0 Å². The second-order valence-corrected chi connectivity index (χ2v) is 17.6. The summed E-state index contributed by atoms with van der Waals surface area (Å²) in [6.07, 6.45) is 0. The Labute approximate surface area is 390 Å². The average molecular weight is 1100 g/mol. The molecule has 0 spiro atoms. The van der Waals surface area contributed by atoms with Crippen molar-refractivity contribution in [2.45, 2.75) is 43.9 Å². The molecule has 1 aromatic heterocycles. The normalized spacial score (nSPS) is 22.0. The van der Waals surface area contributed by atoms with Gasteiger partial charge in [0.1, 0.15) is 39.7 Å². The number of nitrogens with one attached hydrogen (secondary N) is 6. The molecule has 9 rings (SSSR count). The molecule has 0 bridgehead atoms. The Bertz CT molecular complexity index is 2870. The van der Waals surface area contributed by atoms with Crippen LogP contribution in [0.25, 0.3) is 11.0 Å². The summed E-state index contributed by atoms with van der Waals surface area (Å²) in [7, 11) is 1.51. The number of carbonyl (C=O) groups excluding carboxylic acids is 8. The number of fused-ring (bicyclic) bond motifs is 2. The van der Waals surface area contributed by atoms with Crippen LogP contribution in [0.1, 0.15) is 63.9 Å². The van der Waals surface area contributed by atoms with Crippen LogP contribution >= 0.6 is 45.2 Å². The van der Waals surface area contributed by atoms with E-state index in [4.69, 9.17) is 14.3 Å². The Kier molecular flexibility index (Phi) is 12.1. The van der Waals surface area contributed by atoms with Gasteiger partial charge >= 0.3 is 18.1 Å². The van der Waals surface area contributed by atoms with E-state index in [1.165, 1.54) is 31.1 Å². The van der Waals surface area contributed by atoms with Gasteiger partial charge in [-0.1, -0.05) is 18.2 Å². The van der Waals surface area contributed by atoms with Crippen LogP contribution in [-0.4, -0.2) is 76.3 Å². The van der Waals surface area contributed by atoms with Gasteiger partial charge in [0.25, 0.3) is 23.6 Å². The van der Waals surface area contributed by atoms with Crippen LogP contribution in [-0.2, 0) is 37.5 Å². The molecule has 0 saturated carbocycles. The zero-order valence-corrected chi connectivity index (χ0v) is 38.4. The van der Waals surface area contributed by atoms with Crippen molar-refractivity contribution < 1.29 is 57.7 Å². The minimum atomic E-state index is -1.68. The molecule has 330 valence electrons. The predicted molar refractivity (Wildman–Crippen MR) is 242 cm³/mol. The third-order valence-electron chi connectivity index (χ3n) is 11.0. The largest absolute Gasteiger partial charge is 0.507 e. The zero-order chi connectivity index (χ0) is 46.5. The number of halogens is 2. The summed E-state index contributed by atoms with van der Waals surface area (Å²) in [5.41, 5.74) is -0.640. The molecule has 0 aliphatic carbocycles. The fourth-order valence-electron chi connectivity index (χ4n) is 7.34. The van der Waals surface area contributed by atoms with Crippen LogP contribution in [0.2, 0.25) is 0 Å². The molecule has 5 heterocycles. The quantitative estimate of drug-likeness (QED) is 0.0639. The van der Waals surface area contributed by atoms with Crippen LogP contribution in [0.15, 0.2) is 83.3 Å². The molecule has 64 heavy (non-hydrogen) atoms. The summed E-state index contributed by atoms with van der Waals surface area (Å²) in [5, 5.41) is 33.5. The molecule has 4 aliphatic rings. The Morgan fingerprint density at radius 2 is 1.28 bits per heavy atom. The number of phenols is 2. The minimum absolute atomic E-state index is 0.0166. The number of imide groups is 3. The number of hydrogen-bond donors (Lipinski definition) is 8. The number of benzene rings is 4. The first-order chi connectivity index (χ1) is 30.2. The molecule has 8 N–H and O–H groups in total. The molecule has 3 atom stereocenters. The lowest BCUT2D eigenvalue weighted by molar-refractivity contribution is -0.125. The lowest BCUT2D eigenvalue weighted by Crippen LogP contribution is -2.52. The van der Waals surface area contributed by atoms with Gasteiger partial charge in [0.2, 0.25) is 0 Å². The Morgan fingerprint density at radius 1 is 0.719 bits per heavy atom. The van der Waals surface area contributed by atoms with Gasteiger partial charge in [-0.3, -0.25) is 39.9 Å². The summed E-state index contributed by atoms with van der Waals surface area (Å²) in [5.74, 6) is -0.818. The molecule has 4 aromatic carbocycles. The maximum atomic E-state index is 13.2. The van der Waals surface area contributed by atoms with Crippen molar-refractivity contribution in [2.75, 3.05) is 13.7 Å². The third-order valence-corrected chi connectivity index (χ3v) is 12.8. The van der Waals surface area contributed by atoms with E-state index in [1.54, 1.807) is 80.6 Å². The lowest BCUT2D eigenvalue weighted by Gasteiger charge is -2.29. The van der Waals surface area contributed by atoms with E-state index in [1.807, 2.05) is 45.2 Å². The number of ether oxygens (including phenoxy) is 1. The summed E-state index contributed by atoms with van der Waals surface area (Å²) in [4.78, 5) is 97.7. The maximum Gasteiger partial charge on any atom is 0.322 e. The van der Waals surface area contributed by atoms with E-state index in [0.29, 0.717) is 46.1 Å². The van der Waals surface area contributed by atoms with Gasteiger partial charge in [0.15, 0.2) is 11.3 Å². The first-order valence-corrected chi connectivity index (χ1v) is 21.2. The van der Waals surface area contributed by atoms with Crippen molar-refractivity contribution >= 4 is 104 Å². The topological polar surface area (TPSA) is 275 Å². The monoisotopic (exact) mass is 1100 g/mol. The highest BCUT2D eigenvalue weighted by atomic mass is 127. The van der Waals surface area contributed by atoms with Crippen LogP contribution in [0, 0.1) is 7.14 Å². The number of hydrogen-bond acceptors (Lipinski definition) is 12. The fourth-order valence-corrected chi connectivity index (χ4v) is 8.37. The second kappa shape index (κ2) is 17.1. The highest BCUT2D eigenvalue weighted by Crippen LogP contribution is 2.37. The summed E-state index contributed by atoms with van der Waals surface area (Å²) >= 11 is 3.94. The number of rotatable bonds is 7. The molecule has 19 nitrogen and oxygen atoms in total. The van der Waals surface area contributed by atoms with Crippen molar-refractivity contribution in [1.82, 2.24) is 36.8 Å². The zero-order valence-electron chi connectivity index (χ0n) is 34.1. The molecule has 4 aliphatic heterocycles. The minimum Gasteiger partial charge on any atom is -0.507 e. The van der Waals surface area contributed by atoms with E-state index < -0.39 is 46.5 Å². The Balaban J connectivity index is 0.000000185. The summed E-state index contributed by atoms with van der Waals surface area (Å²) in [6.45, 7) is 4.76. The van der Waals surface area contributed by atoms with Crippen molar-refractivity contribution in [3.05, 3.63) is 120 Å². The van der Waals surface area contributed by atoms with Crippen molar-refractivity contribution in [2.24, 2.45) is 0 Å².